The summed E-state index contributed by atoms with van der Waals surface area (Å²) in [7, 11) is 1.64. The Kier molecular flexibility index (Phi) is 5.50. The molecule has 0 aliphatic heterocycles. The standard InChI is InChI=1S/C21H25N5O2/c1-28-18-8-4-15(5-9-18)12-20(27)23-13-16-2-6-17(7-3-16)19-10-11-22-21-24-14-25-26(19)21/h4-5,8-11,14,16-17H,2-3,6-7,12-13H2,1H3,(H,23,27). The summed E-state index contributed by atoms with van der Waals surface area (Å²) in [4.78, 5) is 20.7. The summed E-state index contributed by atoms with van der Waals surface area (Å²) < 4.78 is 7.00. The Labute approximate surface area is 164 Å². The fourth-order valence-electron chi connectivity index (χ4n) is 3.98. The van der Waals surface area contributed by atoms with Crippen LogP contribution in [0.2, 0.25) is 0 Å². The van der Waals surface area contributed by atoms with Crippen LogP contribution >= 0.6 is 0 Å². The van der Waals surface area contributed by atoms with Crippen LogP contribution in [0.15, 0.2) is 42.9 Å². The molecule has 1 aliphatic carbocycles. The summed E-state index contributed by atoms with van der Waals surface area (Å²) in [6, 6.07) is 9.68. The quantitative estimate of drug-likeness (QED) is 0.712. The molecule has 0 spiro atoms. The van der Waals surface area contributed by atoms with Crippen LogP contribution in [-0.4, -0.2) is 39.1 Å². The van der Waals surface area contributed by atoms with Crippen LogP contribution in [0.5, 0.6) is 5.75 Å². The van der Waals surface area contributed by atoms with E-state index in [4.69, 9.17) is 4.74 Å². The van der Waals surface area contributed by atoms with Gasteiger partial charge in [0.15, 0.2) is 0 Å². The highest BCUT2D eigenvalue weighted by atomic mass is 16.5. The van der Waals surface area contributed by atoms with Gasteiger partial charge in [0.25, 0.3) is 5.78 Å². The number of hydrogen-bond acceptors (Lipinski definition) is 5. The Balaban J connectivity index is 1.25. The summed E-state index contributed by atoms with van der Waals surface area (Å²) in [5.74, 6) is 2.54. The highest BCUT2D eigenvalue weighted by molar-refractivity contribution is 5.78. The lowest BCUT2D eigenvalue weighted by Gasteiger charge is -2.28. The molecular weight excluding hydrogens is 354 g/mol. The monoisotopic (exact) mass is 379 g/mol. The molecule has 1 aromatic carbocycles. The van der Waals surface area contributed by atoms with Crippen LogP contribution in [0.1, 0.15) is 42.9 Å². The number of amides is 1. The van der Waals surface area contributed by atoms with E-state index >= 15 is 0 Å². The molecule has 3 aromatic rings. The number of hydrogen-bond donors (Lipinski definition) is 1. The van der Waals surface area contributed by atoms with Crippen molar-refractivity contribution in [2.45, 2.75) is 38.0 Å². The van der Waals surface area contributed by atoms with Crippen molar-refractivity contribution in [3.05, 3.63) is 54.1 Å². The molecule has 0 atom stereocenters. The highest BCUT2D eigenvalue weighted by Crippen LogP contribution is 2.35. The molecule has 146 valence electrons. The van der Waals surface area contributed by atoms with Crippen LogP contribution in [0, 0.1) is 5.92 Å². The Morgan fingerprint density at radius 1 is 1.14 bits per heavy atom. The highest BCUT2D eigenvalue weighted by Gasteiger charge is 2.24. The number of benzene rings is 1. The van der Waals surface area contributed by atoms with Crippen molar-refractivity contribution in [2.75, 3.05) is 13.7 Å². The first-order chi connectivity index (χ1) is 13.7. The number of rotatable bonds is 6. The van der Waals surface area contributed by atoms with Gasteiger partial charge in [-0.25, -0.2) is 9.50 Å². The van der Waals surface area contributed by atoms with Gasteiger partial charge in [-0.1, -0.05) is 12.1 Å². The van der Waals surface area contributed by atoms with E-state index in [1.807, 2.05) is 41.0 Å². The Bertz CT molecular complexity index is 929. The predicted molar refractivity (Wildman–Crippen MR) is 105 cm³/mol. The normalized spacial score (nSPS) is 19.5. The van der Waals surface area contributed by atoms with E-state index in [9.17, 15) is 4.79 Å². The van der Waals surface area contributed by atoms with Gasteiger partial charge in [0.2, 0.25) is 5.91 Å². The van der Waals surface area contributed by atoms with Crippen LogP contribution in [-0.2, 0) is 11.2 Å². The molecule has 0 saturated heterocycles. The van der Waals surface area contributed by atoms with E-state index in [0.717, 1.165) is 43.5 Å². The van der Waals surface area contributed by atoms with Crippen molar-refractivity contribution in [1.29, 1.82) is 0 Å². The first-order valence-corrected chi connectivity index (χ1v) is 9.77. The summed E-state index contributed by atoms with van der Waals surface area (Å²) in [6.45, 7) is 0.747. The molecule has 28 heavy (non-hydrogen) atoms. The fraction of sp³-hybridized carbons (Fsp3) is 0.429. The Hall–Kier alpha value is -2.96. The molecule has 1 amide bonds. The molecule has 1 N–H and O–H groups in total. The third kappa shape index (κ3) is 4.13. The van der Waals surface area contributed by atoms with Crippen molar-refractivity contribution >= 4 is 11.7 Å². The molecule has 0 unspecified atom stereocenters. The summed E-state index contributed by atoms with van der Waals surface area (Å²) in [5.41, 5.74) is 2.18. The Morgan fingerprint density at radius 3 is 2.68 bits per heavy atom. The van der Waals surface area contributed by atoms with Crippen molar-refractivity contribution in [1.82, 2.24) is 24.9 Å². The zero-order chi connectivity index (χ0) is 19.3. The summed E-state index contributed by atoms with van der Waals surface area (Å²) in [5, 5.41) is 7.40. The topological polar surface area (TPSA) is 81.4 Å². The van der Waals surface area contributed by atoms with Gasteiger partial charge in [-0.2, -0.15) is 10.1 Å². The number of carbonyl (C=O) groups excluding carboxylic acids is 1. The zero-order valence-corrected chi connectivity index (χ0v) is 16.0. The molecule has 0 radical (unpaired) electrons. The molecule has 1 saturated carbocycles. The Morgan fingerprint density at radius 2 is 1.93 bits per heavy atom. The van der Waals surface area contributed by atoms with Gasteiger partial charge in [-0.05, 0) is 55.4 Å². The fourth-order valence-corrected chi connectivity index (χ4v) is 3.98. The number of carbonyl (C=O) groups is 1. The maximum Gasteiger partial charge on any atom is 0.252 e. The van der Waals surface area contributed by atoms with Gasteiger partial charge >= 0.3 is 0 Å². The number of fused-ring (bicyclic) bond motifs is 1. The molecule has 7 nitrogen and oxygen atoms in total. The third-order valence-electron chi connectivity index (χ3n) is 5.59. The average Bonchev–Trinajstić information content (AvgIpc) is 3.22. The number of nitrogens with zero attached hydrogens (tertiary/aromatic N) is 4. The van der Waals surface area contributed by atoms with Crippen molar-refractivity contribution in [3.63, 3.8) is 0 Å². The van der Waals surface area contributed by atoms with E-state index < -0.39 is 0 Å². The van der Waals surface area contributed by atoms with Gasteiger partial charge in [-0.3, -0.25) is 4.79 Å². The van der Waals surface area contributed by atoms with Gasteiger partial charge < -0.3 is 10.1 Å². The van der Waals surface area contributed by atoms with Crippen LogP contribution < -0.4 is 10.1 Å². The van der Waals surface area contributed by atoms with E-state index in [1.165, 1.54) is 5.69 Å². The van der Waals surface area contributed by atoms with Gasteiger partial charge in [-0.15, -0.1) is 0 Å². The maximum atomic E-state index is 12.2. The van der Waals surface area contributed by atoms with Crippen LogP contribution in [0.4, 0.5) is 0 Å². The number of nitrogens with one attached hydrogen (secondary N) is 1. The van der Waals surface area contributed by atoms with E-state index in [0.29, 0.717) is 24.0 Å². The van der Waals surface area contributed by atoms with Crippen LogP contribution in [0.3, 0.4) is 0 Å². The minimum absolute atomic E-state index is 0.0748. The largest absolute Gasteiger partial charge is 0.497 e. The van der Waals surface area contributed by atoms with E-state index in [1.54, 1.807) is 13.4 Å². The van der Waals surface area contributed by atoms with Crippen LogP contribution in [0.25, 0.3) is 5.78 Å². The predicted octanol–water partition coefficient (Wildman–Crippen LogP) is 2.77. The lowest BCUT2D eigenvalue weighted by Crippen LogP contribution is -2.32. The minimum atomic E-state index is 0.0748. The van der Waals surface area contributed by atoms with E-state index in [2.05, 4.69) is 20.4 Å². The second-order valence-electron chi connectivity index (χ2n) is 7.39. The third-order valence-corrected chi connectivity index (χ3v) is 5.59. The van der Waals surface area contributed by atoms with Crippen molar-refractivity contribution in [3.8, 4) is 5.75 Å². The van der Waals surface area contributed by atoms with Crippen molar-refractivity contribution in [2.24, 2.45) is 5.92 Å². The molecule has 1 fully saturated rings. The lowest BCUT2D eigenvalue weighted by atomic mass is 9.80. The first-order valence-electron chi connectivity index (χ1n) is 9.77. The number of aromatic nitrogens is 4. The molecule has 7 heteroatoms. The minimum Gasteiger partial charge on any atom is -0.497 e. The lowest BCUT2D eigenvalue weighted by molar-refractivity contribution is -0.120. The molecule has 0 bridgehead atoms. The SMILES string of the molecule is COc1ccc(CC(=O)NCC2CCC(c3ccnc4ncnn34)CC2)cc1. The second kappa shape index (κ2) is 8.37. The van der Waals surface area contributed by atoms with E-state index in [-0.39, 0.29) is 5.91 Å². The van der Waals surface area contributed by atoms with Gasteiger partial charge in [0, 0.05) is 18.7 Å². The summed E-state index contributed by atoms with van der Waals surface area (Å²) in [6.07, 6.45) is 8.16. The number of methoxy groups -OCH3 is 1. The van der Waals surface area contributed by atoms with Gasteiger partial charge in [0.1, 0.15) is 12.1 Å². The first kappa shape index (κ1) is 18.4. The summed E-state index contributed by atoms with van der Waals surface area (Å²) >= 11 is 0. The van der Waals surface area contributed by atoms with Crippen molar-refractivity contribution < 1.29 is 9.53 Å². The molecular formula is C21H25N5O2. The molecule has 2 heterocycles. The molecule has 1 aliphatic rings. The zero-order valence-electron chi connectivity index (χ0n) is 16.0. The maximum absolute atomic E-state index is 12.2. The smallest absolute Gasteiger partial charge is 0.252 e. The number of ether oxygens (including phenoxy) is 1. The molecule has 4 rings (SSSR count). The average molecular weight is 379 g/mol. The second-order valence-corrected chi connectivity index (χ2v) is 7.39. The van der Waals surface area contributed by atoms with Gasteiger partial charge in [0.05, 0.1) is 19.2 Å². The molecule has 2 aromatic heterocycles.